The Hall–Kier alpha value is -5.10. The zero-order chi connectivity index (χ0) is 37.0. The molecule has 2 fully saturated rings. The molecule has 3 aromatic rings. The number of hydrogen-bond acceptors (Lipinski definition) is 8. The molecule has 4 heterocycles. The second kappa shape index (κ2) is 15.9. The molecule has 0 aliphatic carbocycles. The number of allylic oxidation sites excluding steroid dienone is 1. The van der Waals surface area contributed by atoms with Gasteiger partial charge in [0.1, 0.15) is 23.7 Å². The number of nitrogens with one attached hydrogen (secondary N) is 1. The van der Waals surface area contributed by atoms with Crippen molar-refractivity contribution in [2.24, 2.45) is 11.8 Å². The van der Waals surface area contributed by atoms with Gasteiger partial charge < -0.3 is 34.4 Å². The van der Waals surface area contributed by atoms with Crippen LogP contribution in [0.3, 0.4) is 0 Å². The van der Waals surface area contributed by atoms with Crippen LogP contribution in [0.4, 0.5) is 0 Å². The molecule has 3 aromatic carbocycles. The Kier molecular flexibility index (Phi) is 10.9. The van der Waals surface area contributed by atoms with Crippen molar-refractivity contribution >= 4 is 23.7 Å². The molecule has 2 N–H and O–H groups in total. The van der Waals surface area contributed by atoms with Gasteiger partial charge in [-0.3, -0.25) is 19.2 Å². The zero-order valence-electron chi connectivity index (χ0n) is 29.7. The van der Waals surface area contributed by atoms with E-state index in [4.69, 9.17) is 14.2 Å². The summed E-state index contributed by atoms with van der Waals surface area (Å²) in [5.41, 5.74) is 0.925. The maximum Gasteiger partial charge on any atom is 0.313 e. The Balaban J connectivity index is 1.33. The summed E-state index contributed by atoms with van der Waals surface area (Å²) in [6, 6.07) is 25.4. The standard InChI is InChI=1S/C42H45N3O8/c1-51-27-32-37(30-18-10-4-11-19-30)52-41(50)35-33-21-22-42(53-33)36(35)39(48)45(31(26-46)24-28-14-6-2-7-15-28)38(42)40(49)44(25-29-16-8-3-9-17-29)23-13-5-12-20-34(47)43-32/h2-11,13-19,21-22,31-33,35-38,46H,12,20,23-27H2,1H3,(H,43,47)/b13-5-/t31-,32-,33+,35-,36-,37-,38+,42-/m1/s1. The van der Waals surface area contributed by atoms with Gasteiger partial charge in [-0.05, 0) is 29.5 Å². The van der Waals surface area contributed by atoms with Gasteiger partial charge in [-0.2, -0.15) is 0 Å². The largest absolute Gasteiger partial charge is 0.455 e. The van der Waals surface area contributed by atoms with E-state index in [2.05, 4.69) is 5.32 Å². The number of aliphatic hydroxyl groups excluding tert-OH is 1. The lowest BCUT2D eigenvalue weighted by atomic mass is 9.74. The maximum atomic E-state index is 15.1. The van der Waals surface area contributed by atoms with Crippen LogP contribution in [0.15, 0.2) is 115 Å². The van der Waals surface area contributed by atoms with Crippen LogP contribution in [0, 0.1) is 11.8 Å². The predicted octanol–water partition coefficient (Wildman–Crippen LogP) is 3.54. The van der Waals surface area contributed by atoms with Crippen LogP contribution in [0.25, 0.3) is 0 Å². The fraction of sp³-hybridized carbons (Fsp3) is 0.381. The number of nitrogens with zero attached hydrogens (tertiary/aromatic N) is 2. The molecule has 0 radical (unpaired) electrons. The number of methoxy groups -OCH3 is 1. The highest BCUT2D eigenvalue weighted by molar-refractivity contribution is 5.99. The topological polar surface area (TPSA) is 135 Å². The predicted molar refractivity (Wildman–Crippen MR) is 195 cm³/mol. The fourth-order valence-corrected chi connectivity index (χ4v) is 8.32. The number of carbonyl (C=O) groups is 4. The Morgan fingerprint density at radius 3 is 2.26 bits per heavy atom. The average Bonchev–Trinajstić information content (AvgIpc) is 3.83. The van der Waals surface area contributed by atoms with E-state index in [0.29, 0.717) is 12.0 Å². The van der Waals surface area contributed by atoms with Crippen LogP contribution in [0.5, 0.6) is 0 Å². The molecule has 8 atom stereocenters. The minimum atomic E-state index is -1.48. The molecular formula is C42H45N3O8. The summed E-state index contributed by atoms with van der Waals surface area (Å²) >= 11 is 0. The molecule has 11 nitrogen and oxygen atoms in total. The lowest BCUT2D eigenvalue weighted by Gasteiger charge is -2.39. The molecule has 11 heteroatoms. The highest BCUT2D eigenvalue weighted by atomic mass is 16.6. The van der Waals surface area contributed by atoms with Gasteiger partial charge in [0.25, 0.3) is 0 Å². The van der Waals surface area contributed by atoms with Gasteiger partial charge in [-0.15, -0.1) is 0 Å². The number of fused-ring (bicyclic) bond motifs is 2. The minimum Gasteiger partial charge on any atom is -0.455 e. The molecule has 0 saturated carbocycles. The van der Waals surface area contributed by atoms with Crippen molar-refractivity contribution in [3.05, 3.63) is 132 Å². The van der Waals surface area contributed by atoms with Crippen molar-refractivity contribution < 1.29 is 38.5 Å². The first-order chi connectivity index (χ1) is 25.8. The van der Waals surface area contributed by atoms with Crippen LogP contribution in [-0.2, 0) is 46.4 Å². The third-order valence-electron chi connectivity index (χ3n) is 10.7. The van der Waals surface area contributed by atoms with E-state index in [9.17, 15) is 19.5 Å². The van der Waals surface area contributed by atoms with Gasteiger partial charge in [-0.25, -0.2) is 0 Å². The van der Waals surface area contributed by atoms with E-state index >= 15 is 4.79 Å². The Labute approximate surface area is 309 Å². The lowest BCUT2D eigenvalue weighted by Crippen LogP contribution is -2.58. The van der Waals surface area contributed by atoms with E-state index in [1.807, 2.05) is 103 Å². The molecule has 4 aliphatic rings. The maximum absolute atomic E-state index is 15.1. The van der Waals surface area contributed by atoms with Crippen LogP contribution in [0.2, 0.25) is 0 Å². The second-order valence-corrected chi connectivity index (χ2v) is 14.1. The zero-order valence-corrected chi connectivity index (χ0v) is 29.7. The average molecular weight is 720 g/mol. The third-order valence-corrected chi connectivity index (χ3v) is 10.7. The van der Waals surface area contributed by atoms with E-state index in [-0.39, 0.29) is 44.4 Å². The summed E-state index contributed by atoms with van der Waals surface area (Å²) in [7, 11) is 1.51. The van der Waals surface area contributed by atoms with Crippen LogP contribution < -0.4 is 5.32 Å². The number of amides is 3. The molecule has 7 rings (SSSR count). The minimum absolute atomic E-state index is 0.0572. The highest BCUT2D eigenvalue weighted by Crippen LogP contribution is 2.56. The van der Waals surface area contributed by atoms with E-state index in [0.717, 1.165) is 11.1 Å². The summed E-state index contributed by atoms with van der Waals surface area (Å²) in [5, 5.41) is 13.9. The van der Waals surface area contributed by atoms with Crippen molar-refractivity contribution in [3.63, 3.8) is 0 Å². The van der Waals surface area contributed by atoms with Crippen molar-refractivity contribution in [1.29, 1.82) is 0 Å². The number of cyclic esters (lactones) is 1. The molecule has 5 bridgehead atoms. The van der Waals surface area contributed by atoms with Gasteiger partial charge in [0.15, 0.2) is 0 Å². The van der Waals surface area contributed by atoms with Gasteiger partial charge >= 0.3 is 5.97 Å². The van der Waals surface area contributed by atoms with E-state index in [1.165, 1.54) is 12.0 Å². The third kappa shape index (κ3) is 7.16. The smallest absolute Gasteiger partial charge is 0.313 e. The summed E-state index contributed by atoms with van der Waals surface area (Å²) in [4.78, 5) is 61.1. The highest BCUT2D eigenvalue weighted by Gasteiger charge is 2.74. The molecule has 0 unspecified atom stereocenters. The first-order valence-corrected chi connectivity index (χ1v) is 18.2. The number of rotatable bonds is 9. The van der Waals surface area contributed by atoms with Crippen molar-refractivity contribution in [2.75, 3.05) is 26.9 Å². The Bertz CT molecular complexity index is 1840. The van der Waals surface area contributed by atoms with Crippen molar-refractivity contribution in [2.45, 2.75) is 61.7 Å². The molecule has 4 aliphatic heterocycles. The Morgan fingerprint density at radius 2 is 1.58 bits per heavy atom. The van der Waals surface area contributed by atoms with Crippen LogP contribution in [-0.4, -0.2) is 95.3 Å². The van der Waals surface area contributed by atoms with Crippen LogP contribution >= 0.6 is 0 Å². The molecule has 1 spiro atoms. The van der Waals surface area contributed by atoms with Gasteiger partial charge in [-0.1, -0.05) is 115 Å². The van der Waals surface area contributed by atoms with Crippen LogP contribution in [0.1, 0.15) is 35.6 Å². The van der Waals surface area contributed by atoms with Gasteiger partial charge in [0, 0.05) is 26.6 Å². The number of carbonyl (C=O) groups excluding carboxylic acids is 4. The summed E-state index contributed by atoms with van der Waals surface area (Å²) in [6.07, 6.45) is 6.28. The van der Waals surface area contributed by atoms with Crippen molar-refractivity contribution in [3.8, 4) is 0 Å². The molecular weight excluding hydrogens is 674 g/mol. The number of benzene rings is 3. The molecule has 53 heavy (non-hydrogen) atoms. The number of aliphatic hydroxyl groups is 1. The molecule has 276 valence electrons. The number of ether oxygens (including phenoxy) is 3. The monoisotopic (exact) mass is 719 g/mol. The number of esters is 1. The van der Waals surface area contributed by atoms with E-state index < -0.39 is 66.3 Å². The first kappa shape index (κ1) is 36.3. The molecule has 0 aromatic heterocycles. The molecule has 2 saturated heterocycles. The summed E-state index contributed by atoms with van der Waals surface area (Å²) in [5.74, 6) is -3.95. The normalized spacial score (nSPS) is 29.8. The fourth-order valence-electron chi connectivity index (χ4n) is 8.32. The number of likely N-dealkylation sites (tertiary alicyclic amines) is 1. The lowest BCUT2D eigenvalue weighted by molar-refractivity contribution is -0.163. The second-order valence-electron chi connectivity index (χ2n) is 14.1. The quantitative estimate of drug-likeness (QED) is 0.254. The number of hydrogen-bond donors (Lipinski definition) is 2. The molecule has 3 amide bonds. The Morgan fingerprint density at radius 1 is 0.906 bits per heavy atom. The SMILES string of the molecule is COC[C@H]1NC(=O)CC/C=C\CN(Cc2ccccc2)C(=O)[C@@H]2N([C@@H](CO)Cc3ccccc3)C(=O)[C@H]3[C@H](C(=O)O[C@@H]1c1ccccc1)[C@@H]1C=C[C@]23O1. The van der Waals surface area contributed by atoms with Crippen molar-refractivity contribution in [1.82, 2.24) is 15.1 Å². The van der Waals surface area contributed by atoms with E-state index in [1.54, 1.807) is 17.1 Å². The summed E-state index contributed by atoms with van der Waals surface area (Å²) in [6.45, 7) is 0.0740. The summed E-state index contributed by atoms with van der Waals surface area (Å²) < 4.78 is 18.5. The first-order valence-electron chi connectivity index (χ1n) is 18.2. The van der Waals surface area contributed by atoms with Gasteiger partial charge in [0.2, 0.25) is 17.7 Å². The van der Waals surface area contributed by atoms with Gasteiger partial charge in [0.05, 0.1) is 37.3 Å².